The second kappa shape index (κ2) is 16.5. The van der Waals surface area contributed by atoms with E-state index in [2.05, 4.69) is 208 Å². The molecule has 4 unspecified atom stereocenters. The third kappa shape index (κ3) is 7.91. The van der Waals surface area contributed by atoms with Crippen molar-refractivity contribution in [2.24, 2.45) is 11.8 Å². The van der Waals surface area contributed by atoms with Gasteiger partial charge in [0.25, 0.3) is 0 Å². The van der Waals surface area contributed by atoms with Crippen molar-refractivity contribution < 1.29 is 17.4 Å². The molecule has 0 spiro atoms. The topological polar surface area (TPSA) is 0 Å². The first-order valence-electron chi connectivity index (χ1n) is 23.5. The molecule has 0 aliphatic heterocycles. The van der Waals surface area contributed by atoms with E-state index in [0.29, 0.717) is 19.1 Å². The van der Waals surface area contributed by atoms with Gasteiger partial charge >= 0.3 is 380 Å². The fourth-order valence-corrected chi connectivity index (χ4v) is 31.5. The summed E-state index contributed by atoms with van der Waals surface area (Å²) < 4.78 is 6.49. The Balaban J connectivity index is 1.50. The molecule has 62 heavy (non-hydrogen) atoms. The van der Waals surface area contributed by atoms with Gasteiger partial charge in [0.15, 0.2) is 0 Å². The average molecular weight is 911 g/mol. The number of fused-ring (bicyclic) bond motifs is 2. The molecule has 2 aliphatic rings. The SMILES string of the molecule is CCC(C)C1=Cc2c(-c3cc(C)cc(C)c3)ccc(-c3cc(C)cc(C)c3)c2[CH]1[Zr]([CH3])([CH3])(=[SiH2])[CH]1C(C(C)CC)=Cc2c(-c3cc(C)cc(C)c3)ccc(-c3cc(C)cc(C)c3)c21. The third-order valence-electron chi connectivity index (χ3n) is 14.8. The Morgan fingerprint density at radius 1 is 0.419 bits per heavy atom. The van der Waals surface area contributed by atoms with E-state index in [1.807, 2.05) is 0 Å². The molecular formula is C60H70SiZr. The Hall–Kier alpha value is -4.10. The van der Waals surface area contributed by atoms with Crippen LogP contribution in [-0.2, 0) is 17.4 Å². The van der Waals surface area contributed by atoms with Gasteiger partial charge in [-0.05, 0) is 0 Å². The molecule has 0 heterocycles. The number of benzene rings is 6. The second-order valence-electron chi connectivity index (χ2n) is 21.2. The van der Waals surface area contributed by atoms with Gasteiger partial charge in [0.1, 0.15) is 0 Å². The van der Waals surface area contributed by atoms with Crippen LogP contribution in [-0.4, -0.2) is 6.88 Å². The molecule has 4 atom stereocenters. The van der Waals surface area contributed by atoms with Gasteiger partial charge in [-0.25, -0.2) is 0 Å². The van der Waals surface area contributed by atoms with E-state index in [-0.39, 0.29) is 0 Å². The molecule has 6 aromatic carbocycles. The number of hydrogen-bond acceptors (Lipinski definition) is 0. The second-order valence-corrected chi connectivity index (χ2v) is 51.7. The molecule has 0 aromatic heterocycles. The molecule has 2 aliphatic carbocycles. The zero-order valence-corrected chi connectivity index (χ0v) is 44.2. The summed E-state index contributed by atoms with van der Waals surface area (Å²) in [5.41, 5.74) is 31.1. The van der Waals surface area contributed by atoms with Crippen molar-refractivity contribution in [3.8, 4) is 44.5 Å². The summed E-state index contributed by atoms with van der Waals surface area (Å²) in [6.07, 6.45) is 7.70. The van der Waals surface area contributed by atoms with Crippen LogP contribution >= 0.6 is 0 Å². The van der Waals surface area contributed by atoms with E-state index in [0.717, 1.165) is 12.8 Å². The van der Waals surface area contributed by atoms with Crippen LogP contribution in [0.5, 0.6) is 0 Å². The van der Waals surface area contributed by atoms with E-state index >= 15 is 0 Å². The Labute approximate surface area is 377 Å². The van der Waals surface area contributed by atoms with Crippen molar-refractivity contribution in [2.75, 3.05) is 0 Å². The molecule has 0 fully saturated rings. The van der Waals surface area contributed by atoms with Crippen molar-refractivity contribution in [1.29, 1.82) is 0 Å². The van der Waals surface area contributed by atoms with Crippen LogP contribution in [0.15, 0.2) is 108 Å². The minimum absolute atomic E-state index is 0.363. The van der Waals surface area contributed by atoms with Gasteiger partial charge < -0.3 is 0 Å². The van der Waals surface area contributed by atoms with Crippen molar-refractivity contribution in [1.82, 2.24) is 0 Å². The molecular weight excluding hydrogens is 840 g/mol. The Morgan fingerprint density at radius 2 is 0.661 bits per heavy atom. The normalized spacial score (nSPS) is 17.1. The van der Waals surface area contributed by atoms with E-state index in [9.17, 15) is 0 Å². The molecule has 0 saturated carbocycles. The maximum atomic E-state index is 2.88. The van der Waals surface area contributed by atoms with Gasteiger partial charge in [-0.2, -0.15) is 0 Å². The average Bonchev–Trinajstić information content (AvgIpc) is 3.80. The first kappa shape index (κ1) is 44.5. The predicted octanol–water partition coefficient (Wildman–Crippen LogP) is 16.8. The van der Waals surface area contributed by atoms with Crippen LogP contribution in [0.25, 0.3) is 56.7 Å². The van der Waals surface area contributed by atoms with Gasteiger partial charge in [0, 0.05) is 0 Å². The van der Waals surface area contributed by atoms with Crippen LogP contribution in [0, 0.1) is 67.2 Å². The Morgan fingerprint density at radius 3 is 0.919 bits per heavy atom. The molecule has 0 nitrogen and oxygen atoms in total. The van der Waals surface area contributed by atoms with Gasteiger partial charge in [0.05, 0.1) is 0 Å². The summed E-state index contributed by atoms with van der Waals surface area (Å²) >= 11 is -4.30. The molecule has 6 aromatic rings. The zero-order valence-electron chi connectivity index (χ0n) is 40.3. The first-order chi connectivity index (χ1) is 29.3. The molecule has 2 heteroatoms. The van der Waals surface area contributed by atoms with Crippen LogP contribution in [0.1, 0.15) is 115 Å². The van der Waals surface area contributed by atoms with Gasteiger partial charge in [-0.1, -0.05) is 0 Å². The summed E-state index contributed by atoms with van der Waals surface area (Å²) in [4.78, 5) is 0. The van der Waals surface area contributed by atoms with E-state index < -0.39 is 17.4 Å². The Bertz CT molecular complexity index is 2650. The monoisotopic (exact) mass is 908 g/mol. The number of rotatable bonds is 10. The van der Waals surface area contributed by atoms with Gasteiger partial charge in [0.2, 0.25) is 0 Å². The fourth-order valence-electron chi connectivity index (χ4n) is 12.1. The molecule has 0 radical (unpaired) electrons. The van der Waals surface area contributed by atoms with Crippen LogP contribution in [0.4, 0.5) is 0 Å². The quantitative estimate of drug-likeness (QED) is 0.120. The number of aryl methyl sites for hydroxylation is 8. The van der Waals surface area contributed by atoms with Crippen molar-refractivity contribution in [2.45, 2.75) is 112 Å². The summed E-state index contributed by atoms with van der Waals surface area (Å²) in [6.45, 7) is 30.5. The third-order valence-corrected chi connectivity index (χ3v) is 32.0. The van der Waals surface area contributed by atoms with Gasteiger partial charge in [-0.15, -0.1) is 0 Å². The van der Waals surface area contributed by atoms with Crippen LogP contribution in [0.3, 0.4) is 0 Å². The van der Waals surface area contributed by atoms with Gasteiger partial charge in [-0.3, -0.25) is 0 Å². The summed E-state index contributed by atoms with van der Waals surface area (Å²) in [7, 11) is 0. The van der Waals surface area contributed by atoms with Crippen molar-refractivity contribution in [3.63, 3.8) is 0 Å². The molecule has 0 N–H and O–H groups in total. The number of allylic oxidation sites excluding steroid dienone is 2. The van der Waals surface area contributed by atoms with E-state index in [1.54, 1.807) is 22.3 Å². The first-order valence-corrected chi connectivity index (χ1v) is 37.1. The molecule has 0 amide bonds. The predicted molar refractivity (Wildman–Crippen MR) is 273 cm³/mol. The van der Waals surface area contributed by atoms with Crippen molar-refractivity contribution in [3.05, 3.63) is 175 Å². The molecule has 318 valence electrons. The fraction of sp³-hybridized carbons (Fsp3) is 0.333. The summed E-state index contributed by atoms with van der Waals surface area (Å²) in [6, 6.07) is 38.7. The minimum atomic E-state index is -4.30. The maximum absolute atomic E-state index is 4.30. The van der Waals surface area contributed by atoms with E-state index in [1.165, 1.54) is 100 Å². The van der Waals surface area contributed by atoms with Crippen LogP contribution < -0.4 is 0 Å². The zero-order chi connectivity index (χ0) is 44.6. The van der Waals surface area contributed by atoms with Crippen molar-refractivity contribution >= 4 is 19.0 Å². The molecule has 8 rings (SSSR count). The summed E-state index contributed by atoms with van der Waals surface area (Å²) in [5, 5.41) is 0. The van der Waals surface area contributed by atoms with E-state index in [4.69, 9.17) is 0 Å². The number of hydrogen-bond donors (Lipinski definition) is 0. The Kier molecular flexibility index (Phi) is 11.8. The summed E-state index contributed by atoms with van der Waals surface area (Å²) in [5.74, 6) is 0.919. The molecule has 0 bridgehead atoms. The molecule has 0 saturated heterocycles. The van der Waals surface area contributed by atoms with Crippen LogP contribution in [0.2, 0.25) is 9.26 Å². The standard InChI is InChI=1S/2C29H31.2CH3.H2Si.Zr/c2*1-7-22(6)23-16-28-26(24-12-18(2)10-19(3)13-24)8-9-27(29(28)17-23)25-14-20(4)11-21(5)15-25;;;;/h2*8-17,22H,7H2,1-6H3;2*1H3;1H2;.